The molecule has 9 heteroatoms. The highest BCUT2D eigenvalue weighted by molar-refractivity contribution is 6.30. The molecule has 0 aliphatic heterocycles. The molecule has 0 saturated heterocycles. The number of nitrogens with zero attached hydrogens (tertiary/aromatic N) is 1. The van der Waals surface area contributed by atoms with Crippen LogP contribution < -0.4 is 25.1 Å². The average Bonchev–Trinajstić information content (AvgIpc) is 3.62. The molecular weight excluding hydrogens is 422 g/mol. The summed E-state index contributed by atoms with van der Waals surface area (Å²) < 4.78 is 16.1. The Labute approximate surface area is 186 Å². The van der Waals surface area contributed by atoms with Crippen molar-refractivity contribution in [2.75, 3.05) is 27.4 Å². The van der Waals surface area contributed by atoms with Gasteiger partial charge in [0, 0.05) is 23.2 Å². The van der Waals surface area contributed by atoms with Gasteiger partial charge in [-0.2, -0.15) is 0 Å². The van der Waals surface area contributed by atoms with Crippen LogP contribution in [0, 0.1) is 0 Å². The molecule has 2 N–H and O–H groups in total. The Hall–Kier alpha value is -2.97. The Morgan fingerprint density at radius 3 is 2.32 bits per heavy atom. The summed E-state index contributed by atoms with van der Waals surface area (Å²) >= 11 is 5.81. The first kappa shape index (κ1) is 22.7. The highest BCUT2D eigenvalue weighted by Gasteiger charge is 2.31. The van der Waals surface area contributed by atoms with Crippen molar-refractivity contribution in [3.05, 3.63) is 53.1 Å². The van der Waals surface area contributed by atoms with E-state index in [2.05, 4.69) is 15.8 Å². The van der Waals surface area contributed by atoms with Crippen molar-refractivity contribution in [3.8, 4) is 17.2 Å². The fourth-order valence-corrected chi connectivity index (χ4v) is 3.18. The summed E-state index contributed by atoms with van der Waals surface area (Å²) in [5, 5.41) is 0.579. The zero-order valence-electron chi connectivity index (χ0n) is 17.5. The van der Waals surface area contributed by atoms with Crippen molar-refractivity contribution in [3.63, 3.8) is 0 Å². The van der Waals surface area contributed by atoms with Crippen LogP contribution in [0.5, 0.6) is 17.2 Å². The second-order valence-electron chi connectivity index (χ2n) is 7.15. The Morgan fingerprint density at radius 1 is 1.00 bits per heavy atom. The lowest BCUT2D eigenvalue weighted by atomic mass is 10.1. The number of methoxy groups -OCH3 is 2. The number of hydrogen-bond acceptors (Lipinski definition) is 6. The normalized spacial score (nSPS) is 12.9. The molecule has 0 bridgehead atoms. The average molecular weight is 448 g/mol. The van der Waals surface area contributed by atoms with Gasteiger partial charge in [0.2, 0.25) is 0 Å². The van der Waals surface area contributed by atoms with E-state index in [0.717, 1.165) is 29.9 Å². The fourth-order valence-electron chi connectivity index (χ4n) is 3.06. The lowest BCUT2D eigenvalue weighted by molar-refractivity contribution is -0.130. The number of hydrazine groups is 1. The summed E-state index contributed by atoms with van der Waals surface area (Å²) in [5.41, 5.74) is 5.75. The van der Waals surface area contributed by atoms with Gasteiger partial charge < -0.3 is 14.2 Å². The third-order valence-corrected chi connectivity index (χ3v) is 5.05. The van der Waals surface area contributed by atoms with Crippen molar-refractivity contribution in [2.45, 2.75) is 25.4 Å². The lowest BCUT2D eigenvalue weighted by Gasteiger charge is -2.23. The minimum atomic E-state index is -0.462. The van der Waals surface area contributed by atoms with E-state index in [1.54, 1.807) is 38.5 Å². The van der Waals surface area contributed by atoms with Crippen LogP contribution in [0.25, 0.3) is 0 Å². The van der Waals surface area contributed by atoms with Crippen molar-refractivity contribution in [1.29, 1.82) is 0 Å². The zero-order chi connectivity index (χ0) is 22.2. The molecule has 0 spiro atoms. The summed E-state index contributed by atoms with van der Waals surface area (Å²) in [6.07, 6.45) is 2.06. The maximum Gasteiger partial charge on any atom is 0.276 e. The first-order chi connectivity index (χ1) is 15.0. The van der Waals surface area contributed by atoms with E-state index < -0.39 is 5.91 Å². The standard InChI is InChI=1S/C22H26ClN3O5/c1-29-19-9-10-20(30-2)15(11-19)12-26(17-5-6-17)13-21(27)24-25-22(28)14-31-18-7-3-16(23)4-8-18/h3-4,7-11,17H,5-6,12-14H2,1-2H3,(H,24,27)(H,25,28). The van der Waals surface area contributed by atoms with Crippen LogP contribution in [0.2, 0.25) is 5.02 Å². The number of carbonyl (C=O) groups is 2. The monoisotopic (exact) mass is 447 g/mol. The van der Waals surface area contributed by atoms with Gasteiger partial charge in [-0.05, 0) is 55.3 Å². The summed E-state index contributed by atoms with van der Waals surface area (Å²) in [6.45, 7) is 0.449. The van der Waals surface area contributed by atoms with Gasteiger partial charge in [0.05, 0.1) is 20.8 Å². The number of hydrogen-bond donors (Lipinski definition) is 2. The molecule has 0 aromatic heterocycles. The summed E-state index contributed by atoms with van der Waals surface area (Å²) in [7, 11) is 3.22. The van der Waals surface area contributed by atoms with E-state index in [1.165, 1.54) is 0 Å². The van der Waals surface area contributed by atoms with Gasteiger partial charge in [-0.25, -0.2) is 0 Å². The minimum Gasteiger partial charge on any atom is -0.497 e. The zero-order valence-corrected chi connectivity index (χ0v) is 18.3. The number of rotatable bonds is 10. The van der Waals surface area contributed by atoms with Gasteiger partial charge in [0.15, 0.2) is 6.61 Å². The Bertz CT molecular complexity index is 903. The number of amides is 2. The smallest absolute Gasteiger partial charge is 0.276 e. The number of ether oxygens (including phenoxy) is 3. The van der Waals surface area contributed by atoms with E-state index >= 15 is 0 Å². The molecule has 3 rings (SSSR count). The van der Waals surface area contributed by atoms with Crippen molar-refractivity contribution < 1.29 is 23.8 Å². The maximum atomic E-state index is 12.4. The second kappa shape index (κ2) is 10.9. The molecule has 1 saturated carbocycles. The minimum absolute atomic E-state index is 0.142. The van der Waals surface area contributed by atoms with Crippen molar-refractivity contribution in [1.82, 2.24) is 15.8 Å². The first-order valence-electron chi connectivity index (χ1n) is 9.89. The Kier molecular flexibility index (Phi) is 7.97. The molecule has 166 valence electrons. The molecule has 0 radical (unpaired) electrons. The lowest BCUT2D eigenvalue weighted by Crippen LogP contribution is -2.48. The molecule has 0 heterocycles. The third kappa shape index (κ3) is 7.04. The molecule has 0 unspecified atom stereocenters. The highest BCUT2D eigenvalue weighted by atomic mass is 35.5. The first-order valence-corrected chi connectivity index (χ1v) is 10.3. The molecule has 2 aromatic carbocycles. The van der Waals surface area contributed by atoms with Gasteiger partial charge in [0.1, 0.15) is 17.2 Å². The molecule has 1 fully saturated rings. The molecule has 2 amide bonds. The molecule has 1 aliphatic carbocycles. The number of benzene rings is 2. The van der Waals surface area contributed by atoms with Gasteiger partial charge in [-0.3, -0.25) is 25.3 Å². The van der Waals surface area contributed by atoms with E-state index in [9.17, 15) is 9.59 Å². The number of carbonyl (C=O) groups excluding carboxylic acids is 2. The van der Waals surface area contributed by atoms with Crippen LogP contribution in [0.1, 0.15) is 18.4 Å². The van der Waals surface area contributed by atoms with E-state index in [0.29, 0.717) is 23.4 Å². The SMILES string of the molecule is COc1ccc(OC)c(CN(CC(=O)NNC(=O)COc2ccc(Cl)cc2)C2CC2)c1. The van der Waals surface area contributed by atoms with Crippen molar-refractivity contribution >= 4 is 23.4 Å². The maximum absolute atomic E-state index is 12.4. The summed E-state index contributed by atoms with van der Waals surface area (Å²) in [6, 6.07) is 12.6. The predicted molar refractivity (Wildman–Crippen MR) is 116 cm³/mol. The predicted octanol–water partition coefficient (Wildman–Crippen LogP) is 2.55. The van der Waals surface area contributed by atoms with Crippen LogP contribution in [0.15, 0.2) is 42.5 Å². The van der Waals surface area contributed by atoms with Crippen LogP contribution >= 0.6 is 11.6 Å². The summed E-state index contributed by atoms with van der Waals surface area (Å²) in [4.78, 5) is 26.4. The second-order valence-corrected chi connectivity index (χ2v) is 7.59. The molecule has 31 heavy (non-hydrogen) atoms. The molecular formula is C22H26ClN3O5. The van der Waals surface area contributed by atoms with Gasteiger partial charge >= 0.3 is 0 Å². The van der Waals surface area contributed by atoms with E-state index in [4.69, 9.17) is 25.8 Å². The van der Waals surface area contributed by atoms with Gasteiger partial charge in [0.25, 0.3) is 11.8 Å². The third-order valence-electron chi connectivity index (χ3n) is 4.80. The van der Waals surface area contributed by atoms with E-state index in [-0.39, 0.29) is 19.1 Å². The molecule has 0 atom stereocenters. The Balaban J connectivity index is 1.48. The Morgan fingerprint density at radius 2 is 1.68 bits per heavy atom. The van der Waals surface area contributed by atoms with Crippen LogP contribution in [0.3, 0.4) is 0 Å². The van der Waals surface area contributed by atoms with Gasteiger partial charge in [-0.15, -0.1) is 0 Å². The van der Waals surface area contributed by atoms with Crippen LogP contribution in [-0.4, -0.2) is 50.1 Å². The van der Waals surface area contributed by atoms with Crippen molar-refractivity contribution in [2.24, 2.45) is 0 Å². The molecule has 2 aromatic rings. The largest absolute Gasteiger partial charge is 0.497 e. The number of nitrogens with one attached hydrogen (secondary N) is 2. The van der Waals surface area contributed by atoms with Crippen LogP contribution in [-0.2, 0) is 16.1 Å². The highest BCUT2D eigenvalue weighted by Crippen LogP contribution is 2.31. The van der Waals surface area contributed by atoms with Gasteiger partial charge in [-0.1, -0.05) is 11.6 Å². The summed E-state index contributed by atoms with van der Waals surface area (Å²) in [5.74, 6) is 1.20. The topological polar surface area (TPSA) is 89.1 Å². The molecule has 1 aliphatic rings. The fraction of sp³-hybridized carbons (Fsp3) is 0.364. The van der Waals surface area contributed by atoms with E-state index in [1.807, 2.05) is 18.2 Å². The quantitative estimate of drug-likeness (QED) is 0.544. The number of halogens is 1. The molecule has 8 nitrogen and oxygen atoms in total. The van der Waals surface area contributed by atoms with Crippen LogP contribution in [0.4, 0.5) is 0 Å².